The zero-order valence-electron chi connectivity index (χ0n) is 24.7. The van der Waals surface area contributed by atoms with Crippen molar-refractivity contribution in [2.24, 2.45) is 0 Å². The second-order valence-electron chi connectivity index (χ2n) is 11.2. The Morgan fingerprint density at radius 2 is 0.956 bits per heavy atom. The van der Waals surface area contributed by atoms with Gasteiger partial charge < -0.3 is 0 Å². The minimum absolute atomic E-state index is 0.698. The molecule has 0 fully saturated rings. The summed E-state index contributed by atoms with van der Waals surface area (Å²) in [5, 5.41) is 2.16. The maximum atomic E-state index is 5.22. The summed E-state index contributed by atoms with van der Waals surface area (Å²) in [6.45, 7) is 2.05. The van der Waals surface area contributed by atoms with Crippen LogP contribution in [0.1, 0.15) is 5.69 Å². The van der Waals surface area contributed by atoms with Crippen LogP contribution < -0.4 is 0 Å². The van der Waals surface area contributed by atoms with E-state index in [1.165, 1.54) is 11.1 Å². The highest BCUT2D eigenvalue weighted by Gasteiger charge is 2.14. The Hall–Kier alpha value is -6.00. The third-order valence-corrected chi connectivity index (χ3v) is 8.13. The van der Waals surface area contributed by atoms with Crippen molar-refractivity contribution in [1.29, 1.82) is 0 Å². The molecule has 4 heteroatoms. The summed E-state index contributed by atoms with van der Waals surface area (Å²) in [5.74, 6) is 0.698. The van der Waals surface area contributed by atoms with Crippen molar-refractivity contribution < 1.29 is 0 Å². The molecule has 0 aliphatic heterocycles. The summed E-state index contributed by atoms with van der Waals surface area (Å²) in [4.78, 5) is 20.2. The number of nitrogens with zero attached hydrogens (tertiary/aromatic N) is 4. The van der Waals surface area contributed by atoms with Crippen molar-refractivity contribution in [3.05, 3.63) is 157 Å². The second kappa shape index (κ2) is 11.3. The lowest BCUT2D eigenvalue weighted by atomic mass is 9.98. The van der Waals surface area contributed by atoms with Crippen molar-refractivity contribution >= 4 is 21.8 Å². The van der Waals surface area contributed by atoms with Crippen LogP contribution in [0.5, 0.6) is 0 Å². The van der Waals surface area contributed by atoms with Crippen molar-refractivity contribution in [1.82, 2.24) is 19.9 Å². The molecule has 0 unspecified atom stereocenters. The van der Waals surface area contributed by atoms with E-state index in [0.29, 0.717) is 5.82 Å². The minimum Gasteiger partial charge on any atom is -0.251 e. The lowest BCUT2D eigenvalue weighted by Crippen LogP contribution is -1.96. The van der Waals surface area contributed by atoms with Gasteiger partial charge in [0, 0.05) is 38.7 Å². The first-order valence-corrected chi connectivity index (χ1v) is 15.1. The van der Waals surface area contributed by atoms with Gasteiger partial charge in [0.05, 0.1) is 28.1 Å². The topological polar surface area (TPSA) is 51.6 Å². The highest BCUT2D eigenvalue weighted by molar-refractivity contribution is 6.08. The molecule has 3 heterocycles. The summed E-state index contributed by atoms with van der Waals surface area (Å²) in [6, 6.07) is 52.1. The lowest BCUT2D eigenvalue weighted by molar-refractivity contribution is 1.18. The van der Waals surface area contributed by atoms with E-state index >= 15 is 0 Å². The van der Waals surface area contributed by atoms with Crippen LogP contribution >= 0.6 is 0 Å². The van der Waals surface area contributed by atoms with E-state index < -0.39 is 0 Å². The summed E-state index contributed by atoms with van der Waals surface area (Å²) in [5.41, 5.74) is 11.8. The van der Waals surface area contributed by atoms with Gasteiger partial charge in [-0.2, -0.15) is 0 Å². The van der Waals surface area contributed by atoms with Gasteiger partial charge >= 0.3 is 0 Å². The standard InChI is InChI=1S/C41H28N4/c1-27-24-35(28-12-5-2-6-13-28)34-22-20-30-21-23-36(43-39(30)40(34)42-27)32-18-11-19-33(25-32)38-26-37(29-14-7-3-8-15-29)44-41(45-38)31-16-9-4-10-17-31/h2-26H,1H3. The van der Waals surface area contributed by atoms with Gasteiger partial charge in [0.15, 0.2) is 5.82 Å². The Labute approximate surface area is 261 Å². The maximum Gasteiger partial charge on any atom is 0.160 e. The van der Waals surface area contributed by atoms with E-state index in [-0.39, 0.29) is 0 Å². The Morgan fingerprint density at radius 1 is 0.378 bits per heavy atom. The number of benzene rings is 5. The van der Waals surface area contributed by atoms with Crippen molar-refractivity contribution in [3.8, 4) is 56.3 Å². The number of aromatic nitrogens is 4. The van der Waals surface area contributed by atoms with Crippen LogP contribution in [0.25, 0.3) is 78.1 Å². The van der Waals surface area contributed by atoms with E-state index in [9.17, 15) is 0 Å². The molecule has 0 aliphatic carbocycles. The molecule has 8 rings (SSSR count). The predicted molar refractivity (Wildman–Crippen MR) is 185 cm³/mol. The van der Waals surface area contributed by atoms with Crippen LogP contribution in [-0.4, -0.2) is 19.9 Å². The lowest BCUT2D eigenvalue weighted by Gasteiger charge is -2.12. The molecule has 0 bridgehead atoms. The minimum atomic E-state index is 0.698. The van der Waals surface area contributed by atoms with Crippen LogP contribution in [-0.2, 0) is 0 Å². The Bertz CT molecular complexity index is 2260. The zero-order valence-corrected chi connectivity index (χ0v) is 24.7. The monoisotopic (exact) mass is 576 g/mol. The van der Waals surface area contributed by atoms with Gasteiger partial charge in [0.25, 0.3) is 0 Å². The normalized spacial score (nSPS) is 11.2. The molecule has 0 N–H and O–H groups in total. The third-order valence-electron chi connectivity index (χ3n) is 8.13. The summed E-state index contributed by atoms with van der Waals surface area (Å²) in [6.07, 6.45) is 0. The average Bonchev–Trinajstić information content (AvgIpc) is 3.12. The smallest absolute Gasteiger partial charge is 0.160 e. The summed E-state index contributed by atoms with van der Waals surface area (Å²) in [7, 11) is 0. The fourth-order valence-corrected chi connectivity index (χ4v) is 5.92. The van der Waals surface area contributed by atoms with E-state index in [1.54, 1.807) is 0 Å². The SMILES string of the molecule is Cc1cc(-c2ccccc2)c2ccc3ccc(-c4cccc(-c5cc(-c6ccccc6)nc(-c6ccccc6)n5)c4)nc3c2n1. The van der Waals surface area contributed by atoms with E-state index in [0.717, 1.165) is 66.8 Å². The van der Waals surface area contributed by atoms with E-state index in [4.69, 9.17) is 19.9 Å². The number of fused-ring (bicyclic) bond motifs is 3. The predicted octanol–water partition coefficient (Wildman–Crippen LogP) is 10.2. The molecule has 0 radical (unpaired) electrons. The number of hydrogen-bond donors (Lipinski definition) is 0. The summed E-state index contributed by atoms with van der Waals surface area (Å²) >= 11 is 0. The first kappa shape index (κ1) is 26.6. The molecule has 45 heavy (non-hydrogen) atoms. The number of hydrogen-bond acceptors (Lipinski definition) is 4. The van der Waals surface area contributed by atoms with Gasteiger partial charge in [-0.3, -0.25) is 4.98 Å². The Balaban J connectivity index is 1.26. The first-order chi connectivity index (χ1) is 22.2. The molecule has 3 aromatic heterocycles. The van der Waals surface area contributed by atoms with Crippen LogP contribution in [0.3, 0.4) is 0 Å². The van der Waals surface area contributed by atoms with Gasteiger partial charge in [-0.05, 0) is 42.3 Å². The quantitative estimate of drug-likeness (QED) is 0.191. The first-order valence-electron chi connectivity index (χ1n) is 15.1. The van der Waals surface area contributed by atoms with Crippen molar-refractivity contribution in [2.45, 2.75) is 6.92 Å². The molecule has 5 aromatic carbocycles. The Kier molecular flexibility index (Phi) is 6.65. The second-order valence-corrected chi connectivity index (χ2v) is 11.2. The maximum absolute atomic E-state index is 5.22. The molecule has 0 aliphatic rings. The zero-order chi connectivity index (χ0) is 30.2. The molecule has 212 valence electrons. The molecule has 0 atom stereocenters. The van der Waals surface area contributed by atoms with Crippen LogP contribution in [0.4, 0.5) is 0 Å². The van der Waals surface area contributed by atoms with Gasteiger partial charge in [-0.25, -0.2) is 15.0 Å². The molecule has 0 spiro atoms. The van der Waals surface area contributed by atoms with Gasteiger partial charge in [-0.15, -0.1) is 0 Å². The number of rotatable bonds is 5. The van der Waals surface area contributed by atoms with Gasteiger partial charge in [0.1, 0.15) is 0 Å². The molecule has 0 saturated heterocycles. The van der Waals surface area contributed by atoms with E-state index in [2.05, 4.69) is 97.1 Å². The van der Waals surface area contributed by atoms with Gasteiger partial charge in [0.2, 0.25) is 0 Å². The number of aryl methyl sites for hydroxylation is 1. The Morgan fingerprint density at radius 3 is 1.67 bits per heavy atom. The highest BCUT2D eigenvalue weighted by Crippen LogP contribution is 2.34. The number of pyridine rings is 2. The van der Waals surface area contributed by atoms with Crippen molar-refractivity contribution in [3.63, 3.8) is 0 Å². The molecule has 0 amide bonds. The molecule has 0 saturated carbocycles. The van der Waals surface area contributed by atoms with Crippen LogP contribution in [0.2, 0.25) is 0 Å². The van der Waals surface area contributed by atoms with Crippen LogP contribution in [0, 0.1) is 6.92 Å². The third kappa shape index (κ3) is 5.13. The fourth-order valence-electron chi connectivity index (χ4n) is 5.92. The van der Waals surface area contributed by atoms with Crippen molar-refractivity contribution in [2.75, 3.05) is 0 Å². The molecular formula is C41H28N4. The average molecular weight is 577 g/mol. The van der Waals surface area contributed by atoms with Gasteiger partial charge in [-0.1, -0.05) is 127 Å². The van der Waals surface area contributed by atoms with E-state index in [1.807, 2.05) is 61.5 Å². The highest BCUT2D eigenvalue weighted by atomic mass is 14.9. The molecule has 8 aromatic rings. The summed E-state index contributed by atoms with van der Waals surface area (Å²) < 4.78 is 0. The molecular weight excluding hydrogens is 548 g/mol. The molecule has 4 nitrogen and oxygen atoms in total. The van der Waals surface area contributed by atoms with Crippen LogP contribution in [0.15, 0.2) is 152 Å². The fraction of sp³-hybridized carbons (Fsp3) is 0.0244. The largest absolute Gasteiger partial charge is 0.251 e.